The van der Waals surface area contributed by atoms with Crippen molar-refractivity contribution in [2.75, 3.05) is 13.7 Å². The summed E-state index contributed by atoms with van der Waals surface area (Å²) in [4.78, 5) is 11.4. The summed E-state index contributed by atoms with van der Waals surface area (Å²) in [5, 5.41) is -0.769. The molecule has 94 valence electrons. The molecule has 0 spiro atoms. The van der Waals surface area contributed by atoms with E-state index in [4.69, 9.17) is 16.3 Å². The molecule has 1 atom stereocenters. The van der Waals surface area contributed by atoms with Gasteiger partial charge in [-0.1, -0.05) is 6.07 Å². The van der Waals surface area contributed by atoms with Crippen molar-refractivity contribution in [3.05, 3.63) is 28.8 Å². The lowest BCUT2D eigenvalue weighted by molar-refractivity contribution is -0.140. The summed E-state index contributed by atoms with van der Waals surface area (Å²) in [5.41, 5.74) is 2.64. The summed E-state index contributed by atoms with van der Waals surface area (Å²) in [6, 6.07) is 3.77. The maximum absolute atomic E-state index is 11.4. The van der Waals surface area contributed by atoms with Gasteiger partial charge in [0.15, 0.2) is 5.38 Å². The Morgan fingerprint density at radius 2 is 2.00 bits per heavy atom. The number of aryl methyl sites for hydroxylation is 2. The number of esters is 1. The van der Waals surface area contributed by atoms with Gasteiger partial charge >= 0.3 is 5.97 Å². The Morgan fingerprint density at radius 3 is 2.53 bits per heavy atom. The largest absolute Gasteiger partial charge is 0.494 e. The molecule has 4 heteroatoms. The van der Waals surface area contributed by atoms with Gasteiger partial charge < -0.3 is 9.47 Å². The number of halogens is 1. The van der Waals surface area contributed by atoms with Crippen LogP contribution >= 0.6 is 11.6 Å². The number of methoxy groups -OCH3 is 1. The number of hydrogen-bond acceptors (Lipinski definition) is 3. The molecule has 17 heavy (non-hydrogen) atoms. The van der Waals surface area contributed by atoms with E-state index < -0.39 is 11.3 Å². The molecule has 0 fully saturated rings. The normalized spacial score (nSPS) is 12.1. The topological polar surface area (TPSA) is 35.5 Å². The first-order valence-electron chi connectivity index (χ1n) is 5.47. The van der Waals surface area contributed by atoms with Crippen molar-refractivity contribution >= 4 is 17.6 Å². The molecule has 0 aliphatic carbocycles. The summed E-state index contributed by atoms with van der Waals surface area (Å²) in [5.74, 6) is 0.376. The third kappa shape index (κ3) is 3.13. The lowest BCUT2D eigenvalue weighted by Gasteiger charge is -2.15. The number of carbonyl (C=O) groups is 1. The lowest BCUT2D eigenvalue weighted by Crippen LogP contribution is -2.10. The van der Waals surface area contributed by atoms with Crippen molar-refractivity contribution in [2.45, 2.75) is 26.1 Å². The van der Waals surface area contributed by atoms with Crippen LogP contribution in [-0.2, 0) is 9.53 Å². The van der Waals surface area contributed by atoms with Crippen molar-refractivity contribution < 1.29 is 14.3 Å². The molecule has 0 heterocycles. The van der Waals surface area contributed by atoms with Gasteiger partial charge in [-0.3, -0.25) is 4.79 Å². The summed E-state index contributed by atoms with van der Waals surface area (Å²) < 4.78 is 10.1. The molecule has 0 bridgehead atoms. The highest BCUT2D eigenvalue weighted by Crippen LogP contribution is 2.30. The number of alkyl halides is 1. The minimum atomic E-state index is -0.769. The minimum Gasteiger partial charge on any atom is -0.494 e. The van der Waals surface area contributed by atoms with Crippen molar-refractivity contribution in [3.63, 3.8) is 0 Å². The zero-order valence-corrected chi connectivity index (χ0v) is 11.3. The molecule has 0 aliphatic rings. The summed E-state index contributed by atoms with van der Waals surface area (Å²) >= 11 is 6.05. The molecule has 0 amide bonds. The first-order valence-corrected chi connectivity index (χ1v) is 5.90. The first kappa shape index (κ1) is 13.8. The number of carbonyl (C=O) groups excluding carboxylic acids is 1. The van der Waals surface area contributed by atoms with Crippen LogP contribution in [0.5, 0.6) is 5.75 Å². The molecular weight excluding hydrogens is 240 g/mol. The van der Waals surface area contributed by atoms with Gasteiger partial charge in [0.1, 0.15) is 5.75 Å². The molecule has 1 rings (SSSR count). The molecule has 0 radical (unpaired) electrons. The van der Waals surface area contributed by atoms with Crippen LogP contribution < -0.4 is 4.74 Å². The Bertz CT molecular complexity index is 415. The fourth-order valence-electron chi connectivity index (χ4n) is 1.63. The van der Waals surface area contributed by atoms with Crippen LogP contribution in [0.1, 0.15) is 29.0 Å². The van der Waals surface area contributed by atoms with Gasteiger partial charge in [-0.15, -0.1) is 11.6 Å². The Labute approximate surface area is 107 Å². The van der Waals surface area contributed by atoms with E-state index in [1.54, 1.807) is 0 Å². The average Bonchev–Trinajstić information content (AvgIpc) is 2.31. The number of rotatable bonds is 4. The van der Waals surface area contributed by atoms with Gasteiger partial charge in [-0.25, -0.2) is 0 Å². The Balaban J connectivity index is 3.10. The average molecular weight is 257 g/mol. The number of benzene rings is 1. The molecule has 0 saturated carbocycles. The molecule has 1 unspecified atom stereocenters. The standard InChI is InChI=1S/C13H17ClO3/c1-5-17-11-7-8(2)10(6-9(11)3)12(14)13(15)16-4/h6-7,12H,5H2,1-4H3. The predicted molar refractivity (Wildman–Crippen MR) is 67.7 cm³/mol. The van der Waals surface area contributed by atoms with Crippen LogP contribution in [-0.4, -0.2) is 19.7 Å². The van der Waals surface area contributed by atoms with E-state index in [1.165, 1.54) is 7.11 Å². The molecule has 0 aliphatic heterocycles. The van der Waals surface area contributed by atoms with Crippen LogP contribution in [0.3, 0.4) is 0 Å². The van der Waals surface area contributed by atoms with Gasteiger partial charge in [0.2, 0.25) is 0 Å². The van der Waals surface area contributed by atoms with Crippen LogP contribution in [0, 0.1) is 13.8 Å². The maximum atomic E-state index is 11.4. The molecule has 0 aromatic heterocycles. The third-order valence-electron chi connectivity index (χ3n) is 2.54. The molecular formula is C13H17ClO3. The van der Waals surface area contributed by atoms with E-state index in [9.17, 15) is 4.79 Å². The zero-order chi connectivity index (χ0) is 13.0. The van der Waals surface area contributed by atoms with Crippen molar-refractivity contribution in [3.8, 4) is 5.75 Å². The fraction of sp³-hybridized carbons (Fsp3) is 0.462. The van der Waals surface area contributed by atoms with Crippen LogP contribution in [0.25, 0.3) is 0 Å². The fourth-order valence-corrected chi connectivity index (χ4v) is 1.95. The monoisotopic (exact) mass is 256 g/mol. The zero-order valence-electron chi connectivity index (χ0n) is 10.5. The quantitative estimate of drug-likeness (QED) is 0.613. The predicted octanol–water partition coefficient (Wildman–Crippen LogP) is 3.16. The third-order valence-corrected chi connectivity index (χ3v) is 2.96. The van der Waals surface area contributed by atoms with E-state index >= 15 is 0 Å². The molecule has 1 aromatic carbocycles. The lowest BCUT2D eigenvalue weighted by atomic mass is 10.0. The highest BCUT2D eigenvalue weighted by atomic mass is 35.5. The van der Waals surface area contributed by atoms with Crippen molar-refractivity contribution in [2.24, 2.45) is 0 Å². The van der Waals surface area contributed by atoms with E-state index in [2.05, 4.69) is 4.74 Å². The van der Waals surface area contributed by atoms with Gasteiger partial charge in [0, 0.05) is 0 Å². The van der Waals surface area contributed by atoms with Crippen LogP contribution in [0.15, 0.2) is 12.1 Å². The van der Waals surface area contributed by atoms with Gasteiger partial charge in [-0.05, 0) is 43.5 Å². The van der Waals surface area contributed by atoms with Crippen molar-refractivity contribution in [1.29, 1.82) is 0 Å². The number of ether oxygens (including phenoxy) is 2. The molecule has 0 saturated heterocycles. The Kier molecular flexibility index (Phi) is 4.82. The molecule has 3 nitrogen and oxygen atoms in total. The van der Waals surface area contributed by atoms with Gasteiger partial charge in [0.25, 0.3) is 0 Å². The summed E-state index contributed by atoms with van der Waals surface area (Å²) in [6.07, 6.45) is 0. The smallest absolute Gasteiger partial charge is 0.328 e. The van der Waals surface area contributed by atoms with E-state index in [1.807, 2.05) is 32.9 Å². The van der Waals surface area contributed by atoms with Crippen LogP contribution in [0.4, 0.5) is 0 Å². The van der Waals surface area contributed by atoms with E-state index in [0.29, 0.717) is 6.61 Å². The van der Waals surface area contributed by atoms with Crippen LogP contribution in [0.2, 0.25) is 0 Å². The molecule has 0 N–H and O–H groups in total. The van der Waals surface area contributed by atoms with Gasteiger partial charge in [-0.2, -0.15) is 0 Å². The second-order valence-corrected chi connectivity index (χ2v) is 4.23. The highest BCUT2D eigenvalue weighted by Gasteiger charge is 2.21. The van der Waals surface area contributed by atoms with E-state index in [0.717, 1.165) is 22.4 Å². The highest BCUT2D eigenvalue weighted by molar-refractivity contribution is 6.30. The Hall–Kier alpha value is -1.22. The summed E-state index contributed by atoms with van der Waals surface area (Å²) in [7, 11) is 1.33. The maximum Gasteiger partial charge on any atom is 0.328 e. The van der Waals surface area contributed by atoms with Gasteiger partial charge in [0.05, 0.1) is 13.7 Å². The van der Waals surface area contributed by atoms with Crippen molar-refractivity contribution in [1.82, 2.24) is 0 Å². The molecule has 1 aromatic rings. The second kappa shape index (κ2) is 5.92. The Morgan fingerprint density at radius 1 is 1.35 bits per heavy atom. The minimum absolute atomic E-state index is 0.446. The SMILES string of the molecule is CCOc1cc(C)c(C(Cl)C(=O)OC)cc1C. The number of hydrogen-bond donors (Lipinski definition) is 0. The summed E-state index contributed by atoms with van der Waals surface area (Å²) in [6.45, 7) is 6.37. The first-order chi connectivity index (χ1) is 8.01. The second-order valence-electron chi connectivity index (χ2n) is 3.79. The van der Waals surface area contributed by atoms with E-state index in [-0.39, 0.29) is 0 Å².